The summed E-state index contributed by atoms with van der Waals surface area (Å²) in [5.41, 5.74) is 3.22. The van der Waals surface area contributed by atoms with E-state index < -0.39 is 10.1 Å². The van der Waals surface area contributed by atoms with E-state index in [9.17, 15) is 8.42 Å². The standard InChI is InChI=1S/C29H42O3S/c1-3-4-5-8-25-13-15-26(16-14-25)9-6-7-10-27-17-19-28(20-18-27)23-32-33(30,31)29-21-11-24(2)12-22-29/h11-12,17-22,25-26H,3-10,13-16,23H2,1-2H3/t25-,26-. The van der Waals surface area contributed by atoms with Crippen LogP contribution < -0.4 is 0 Å². The smallest absolute Gasteiger partial charge is 0.262 e. The molecule has 1 fully saturated rings. The molecule has 0 aliphatic heterocycles. The van der Waals surface area contributed by atoms with E-state index in [-0.39, 0.29) is 11.5 Å². The van der Waals surface area contributed by atoms with E-state index in [4.69, 9.17) is 4.18 Å². The van der Waals surface area contributed by atoms with Gasteiger partial charge in [0.1, 0.15) is 0 Å². The molecule has 0 saturated heterocycles. The first kappa shape index (κ1) is 26.0. The summed E-state index contributed by atoms with van der Waals surface area (Å²) in [5, 5.41) is 0. The molecule has 1 aliphatic rings. The summed E-state index contributed by atoms with van der Waals surface area (Å²) in [6, 6.07) is 14.9. The van der Waals surface area contributed by atoms with Crippen LogP contribution in [0, 0.1) is 18.8 Å². The van der Waals surface area contributed by atoms with Crippen molar-refractivity contribution in [3.8, 4) is 0 Å². The van der Waals surface area contributed by atoms with Gasteiger partial charge in [0.05, 0.1) is 11.5 Å². The maximum Gasteiger partial charge on any atom is 0.297 e. The lowest BCUT2D eigenvalue weighted by Gasteiger charge is -2.28. The Balaban J connectivity index is 1.32. The second-order valence-corrected chi connectivity index (χ2v) is 11.6. The monoisotopic (exact) mass is 470 g/mol. The topological polar surface area (TPSA) is 43.4 Å². The molecule has 0 N–H and O–H groups in total. The van der Waals surface area contributed by atoms with Gasteiger partial charge >= 0.3 is 0 Å². The van der Waals surface area contributed by atoms with Gasteiger partial charge in [-0.15, -0.1) is 0 Å². The predicted molar refractivity (Wildman–Crippen MR) is 137 cm³/mol. The number of aryl methyl sites for hydroxylation is 2. The quantitative estimate of drug-likeness (QED) is 0.220. The van der Waals surface area contributed by atoms with Gasteiger partial charge in [0.25, 0.3) is 10.1 Å². The molecule has 3 nitrogen and oxygen atoms in total. The van der Waals surface area contributed by atoms with Gasteiger partial charge in [-0.05, 0) is 54.9 Å². The Labute approximate surface area is 202 Å². The predicted octanol–water partition coefficient (Wildman–Crippen LogP) is 8.00. The maximum absolute atomic E-state index is 12.3. The van der Waals surface area contributed by atoms with Gasteiger partial charge in [0, 0.05) is 0 Å². The van der Waals surface area contributed by atoms with Crippen molar-refractivity contribution in [3.63, 3.8) is 0 Å². The van der Waals surface area contributed by atoms with E-state index >= 15 is 0 Å². The summed E-state index contributed by atoms with van der Waals surface area (Å²) in [6.45, 7) is 4.29. The van der Waals surface area contributed by atoms with Gasteiger partial charge in [0.2, 0.25) is 0 Å². The first-order valence-corrected chi connectivity index (χ1v) is 14.4. The third kappa shape index (κ3) is 8.90. The average molecular weight is 471 g/mol. The van der Waals surface area contributed by atoms with Crippen molar-refractivity contribution in [3.05, 3.63) is 65.2 Å². The number of benzene rings is 2. The minimum atomic E-state index is -3.72. The fraction of sp³-hybridized carbons (Fsp3) is 0.586. The van der Waals surface area contributed by atoms with E-state index in [1.54, 1.807) is 24.3 Å². The molecule has 0 radical (unpaired) electrons. The minimum absolute atomic E-state index is 0.0671. The lowest BCUT2D eigenvalue weighted by Crippen LogP contribution is -2.14. The van der Waals surface area contributed by atoms with Gasteiger partial charge in [-0.1, -0.05) is 113 Å². The van der Waals surface area contributed by atoms with Crippen LogP contribution in [0.4, 0.5) is 0 Å². The highest BCUT2D eigenvalue weighted by Gasteiger charge is 2.20. The highest BCUT2D eigenvalue weighted by atomic mass is 32.2. The molecule has 182 valence electrons. The van der Waals surface area contributed by atoms with Gasteiger partial charge in [-0.2, -0.15) is 8.42 Å². The van der Waals surface area contributed by atoms with E-state index in [2.05, 4.69) is 19.1 Å². The molecule has 0 aromatic heterocycles. The van der Waals surface area contributed by atoms with Crippen LogP contribution in [0.1, 0.15) is 94.2 Å². The van der Waals surface area contributed by atoms with E-state index in [0.717, 1.165) is 29.4 Å². The van der Waals surface area contributed by atoms with Crippen LogP contribution in [-0.2, 0) is 27.3 Å². The van der Waals surface area contributed by atoms with Crippen molar-refractivity contribution in [1.29, 1.82) is 0 Å². The summed E-state index contributed by atoms with van der Waals surface area (Å²) < 4.78 is 29.9. The molecule has 0 amide bonds. The van der Waals surface area contributed by atoms with Crippen LogP contribution in [-0.4, -0.2) is 8.42 Å². The Morgan fingerprint density at radius 2 is 1.30 bits per heavy atom. The molecule has 2 aromatic carbocycles. The van der Waals surface area contributed by atoms with Crippen molar-refractivity contribution >= 4 is 10.1 Å². The molecule has 0 heterocycles. The van der Waals surface area contributed by atoms with Crippen LogP contribution in [0.3, 0.4) is 0 Å². The molecule has 0 bridgehead atoms. The first-order chi connectivity index (χ1) is 16.0. The normalized spacial score (nSPS) is 19.0. The van der Waals surface area contributed by atoms with E-state index in [1.165, 1.54) is 76.2 Å². The summed E-state index contributed by atoms with van der Waals surface area (Å²) >= 11 is 0. The zero-order chi connectivity index (χ0) is 23.5. The van der Waals surface area contributed by atoms with Crippen LogP contribution in [0.25, 0.3) is 0 Å². The number of rotatable bonds is 13. The Bertz CT molecular complexity index is 908. The van der Waals surface area contributed by atoms with Crippen LogP contribution in [0.2, 0.25) is 0 Å². The van der Waals surface area contributed by atoms with E-state index in [1.807, 2.05) is 19.1 Å². The number of unbranched alkanes of at least 4 members (excludes halogenated alkanes) is 3. The molecule has 2 aromatic rings. The molecular weight excluding hydrogens is 428 g/mol. The SMILES string of the molecule is CCCCC[C@H]1CC[C@H](CCCCc2ccc(COS(=O)(=O)c3ccc(C)cc3)cc2)CC1. The largest absolute Gasteiger partial charge is 0.297 e. The Kier molecular flexibility index (Phi) is 10.5. The Hall–Kier alpha value is -1.65. The first-order valence-electron chi connectivity index (χ1n) is 13.0. The second kappa shape index (κ2) is 13.3. The molecule has 1 aliphatic carbocycles. The highest BCUT2D eigenvalue weighted by Crippen LogP contribution is 2.34. The number of hydrogen-bond donors (Lipinski definition) is 0. The minimum Gasteiger partial charge on any atom is -0.262 e. The van der Waals surface area contributed by atoms with E-state index in [0.29, 0.717) is 0 Å². The zero-order valence-corrected chi connectivity index (χ0v) is 21.4. The zero-order valence-electron chi connectivity index (χ0n) is 20.6. The summed E-state index contributed by atoms with van der Waals surface area (Å²) in [7, 11) is -3.72. The molecule has 3 rings (SSSR count). The molecule has 0 unspecified atom stereocenters. The molecule has 0 spiro atoms. The third-order valence-electron chi connectivity index (χ3n) is 7.22. The molecule has 0 atom stereocenters. The third-order valence-corrected chi connectivity index (χ3v) is 8.50. The van der Waals surface area contributed by atoms with Crippen molar-refractivity contribution in [1.82, 2.24) is 0 Å². The lowest BCUT2D eigenvalue weighted by molar-refractivity contribution is 0.245. The average Bonchev–Trinajstić information content (AvgIpc) is 2.83. The molecule has 33 heavy (non-hydrogen) atoms. The van der Waals surface area contributed by atoms with Crippen LogP contribution in [0.5, 0.6) is 0 Å². The summed E-state index contributed by atoms with van der Waals surface area (Å²) in [5.74, 6) is 1.95. The summed E-state index contributed by atoms with van der Waals surface area (Å²) in [6.07, 6.45) is 16.4. The van der Waals surface area contributed by atoms with Gasteiger partial charge in [-0.3, -0.25) is 4.18 Å². The Morgan fingerprint density at radius 1 is 0.758 bits per heavy atom. The fourth-order valence-electron chi connectivity index (χ4n) is 4.97. The van der Waals surface area contributed by atoms with Crippen molar-refractivity contribution in [2.75, 3.05) is 0 Å². The summed E-state index contributed by atoms with van der Waals surface area (Å²) in [4.78, 5) is 0.203. The fourth-order valence-corrected chi connectivity index (χ4v) is 5.87. The van der Waals surface area contributed by atoms with Crippen molar-refractivity contribution in [2.45, 2.75) is 102 Å². The molecule has 4 heteroatoms. The van der Waals surface area contributed by atoms with Crippen LogP contribution in [0.15, 0.2) is 53.4 Å². The maximum atomic E-state index is 12.3. The second-order valence-electron chi connectivity index (χ2n) is 9.97. The van der Waals surface area contributed by atoms with Crippen molar-refractivity contribution in [2.24, 2.45) is 11.8 Å². The molecule has 1 saturated carbocycles. The lowest BCUT2D eigenvalue weighted by atomic mass is 9.78. The van der Waals surface area contributed by atoms with Gasteiger partial charge in [-0.25, -0.2) is 0 Å². The van der Waals surface area contributed by atoms with Crippen molar-refractivity contribution < 1.29 is 12.6 Å². The molecular formula is C29H42O3S. The van der Waals surface area contributed by atoms with Gasteiger partial charge < -0.3 is 0 Å². The van der Waals surface area contributed by atoms with Crippen LogP contribution >= 0.6 is 0 Å². The highest BCUT2D eigenvalue weighted by molar-refractivity contribution is 7.86. The van der Waals surface area contributed by atoms with Gasteiger partial charge in [0.15, 0.2) is 0 Å². The Morgan fingerprint density at radius 3 is 1.88 bits per heavy atom. The number of hydrogen-bond acceptors (Lipinski definition) is 3.